The molecule has 0 atom stereocenters. The molecule has 0 saturated carbocycles. The normalized spacial score (nSPS) is 11.5. The summed E-state index contributed by atoms with van der Waals surface area (Å²) in [7, 11) is 0. The van der Waals surface area contributed by atoms with E-state index in [4.69, 9.17) is 8.94 Å². The van der Waals surface area contributed by atoms with Crippen LogP contribution in [0.25, 0.3) is 10.8 Å². The fourth-order valence-corrected chi connectivity index (χ4v) is 2.91. The molecule has 3 aromatic rings. The molecule has 0 aliphatic heterocycles. The van der Waals surface area contributed by atoms with E-state index in [1.807, 2.05) is 30.5 Å². The third-order valence-electron chi connectivity index (χ3n) is 3.63. The Bertz CT molecular complexity index is 842. The first kappa shape index (κ1) is 21.4. The van der Waals surface area contributed by atoms with Gasteiger partial charge >= 0.3 is 0 Å². The van der Waals surface area contributed by atoms with Crippen LogP contribution in [-0.4, -0.2) is 22.6 Å². The maximum atomic E-state index is 5.52. The van der Waals surface area contributed by atoms with Crippen molar-refractivity contribution in [2.45, 2.75) is 39.8 Å². The second-order valence-corrected chi connectivity index (χ2v) is 6.99. The number of aromatic nitrogens is 2. The summed E-state index contributed by atoms with van der Waals surface area (Å²) >= 11 is 1.60. The van der Waals surface area contributed by atoms with E-state index >= 15 is 0 Å². The SMILES string of the molecule is CCNC(=NCc1coc(-c2cccs2)n1)NCc1cc(C(C)C)no1.I. The van der Waals surface area contributed by atoms with Crippen molar-refractivity contribution in [3.05, 3.63) is 47.0 Å². The molecule has 27 heavy (non-hydrogen) atoms. The summed E-state index contributed by atoms with van der Waals surface area (Å²) in [5.41, 5.74) is 1.74. The zero-order chi connectivity index (χ0) is 18.4. The van der Waals surface area contributed by atoms with Gasteiger partial charge in [-0.2, -0.15) is 0 Å². The van der Waals surface area contributed by atoms with Gasteiger partial charge in [0.05, 0.1) is 23.7 Å². The Morgan fingerprint density at radius 3 is 2.85 bits per heavy atom. The van der Waals surface area contributed by atoms with Gasteiger partial charge in [-0.05, 0) is 24.3 Å². The van der Waals surface area contributed by atoms with Crippen molar-refractivity contribution in [3.63, 3.8) is 0 Å². The Kier molecular flexibility index (Phi) is 8.29. The van der Waals surface area contributed by atoms with Gasteiger partial charge in [-0.3, -0.25) is 0 Å². The average Bonchev–Trinajstić information content (AvgIpc) is 3.38. The molecule has 0 aromatic carbocycles. The quantitative estimate of drug-likeness (QED) is 0.284. The Morgan fingerprint density at radius 2 is 2.19 bits per heavy atom. The fraction of sp³-hybridized carbons (Fsp3) is 0.389. The largest absolute Gasteiger partial charge is 0.443 e. The first-order valence-corrected chi connectivity index (χ1v) is 9.49. The molecular formula is C18H24IN5O2S. The molecule has 0 bridgehead atoms. The average molecular weight is 501 g/mol. The lowest BCUT2D eigenvalue weighted by Crippen LogP contribution is -2.36. The molecule has 3 rings (SSSR count). The number of guanidine groups is 1. The minimum atomic E-state index is 0. The molecule has 2 N–H and O–H groups in total. The van der Waals surface area contributed by atoms with Crippen molar-refractivity contribution in [3.8, 4) is 10.8 Å². The number of aliphatic imine (C=N–C) groups is 1. The second-order valence-electron chi connectivity index (χ2n) is 6.04. The predicted molar refractivity (Wildman–Crippen MR) is 117 cm³/mol. The zero-order valence-electron chi connectivity index (χ0n) is 15.6. The van der Waals surface area contributed by atoms with Crippen LogP contribution >= 0.6 is 35.3 Å². The van der Waals surface area contributed by atoms with Crippen LogP contribution < -0.4 is 10.6 Å². The van der Waals surface area contributed by atoms with Crippen LogP contribution in [0, 0.1) is 0 Å². The van der Waals surface area contributed by atoms with Crippen LogP contribution in [0.3, 0.4) is 0 Å². The third kappa shape index (κ3) is 6.06. The van der Waals surface area contributed by atoms with Crippen molar-refractivity contribution in [1.29, 1.82) is 0 Å². The Hall–Kier alpha value is -1.88. The minimum absolute atomic E-state index is 0. The van der Waals surface area contributed by atoms with Gasteiger partial charge in [-0.15, -0.1) is 35.3 Å². The summed E-state index contributed by atoms with van der Waals surface area (Å²) < 4.78 is 10.9. The minimum Gasteiger partial charge on any atom is -0.443 e. The molecule has 0 amide bonds. The monoisotopic (exact) mass is 501 g/mol. The highest BCUT2D eigenvalue weighted by Gasteiger charge is 2.09. The van der Waals surface area contributed by atoms with Gasteiger partial charge in [-0.25, -0.2) is 9.98 Å². The van der Waals surface area contributed by atoms with Crippen molar-refractivity contribution >= 4 is 41.3 Å². The lowest BCUT2D eigenvalue weighted by atomic mass is 10.1. The number of nitrogens with one attached hydrogen (secondary N) is 2. The predicted octanol–water partition coefficient (Wildman–Crippen LogP) is 4.39. The maximum absolute atomic E-state index is 5.52. The van der Waals surface area contributed by atoms with Crippen LogP contribution in [0.1, 0.15) is 43.8 Å². The number of hydrogen-bond acceptors (Lipinski definition) is 6. The van der Waals surface area contributed by atoms with E-state index in [0.29, 0.717) is 30.9 Å². The molecule has 0 unspecified atom stereocenters. The van der Waals surface area contributed by atoms with Gasteiger partial charge in [0.25, 0.3) is 0 Å². The van der Waals surface area contributed by atoms with Crippen LogP contribution in [0.5, 0.6) is 0 Å². The topological polar surface area (TPSA) is 88.5 Å². The summed E-state index contributed by atoms with van der Waals surface area (Å²) in [5, 5.41) is 12.5. The van der Waals surface area contributed by atoms with Crippen LogP contribution in [0.15, 0.2) is 43.8 Å². The van der Waals surface area contributed by atoms with E-state index in [1.165, 1.54) is 0 Å². The summed E-state index contributed by atoms with van der Waals surface area (Å²) in [6, 6.07) is 5.92. The molecular weight excluding hydrogens is 477 g/mol. The highest BCUT2D eigenvalue weighted by Crippen LogP contribution is 2.23. The Balaban J connectivity index is 0.00000261. The molecule has 0 spiro atoms. The van der Waals surface area contributed by atoms with Gasteiger partial charge in [0.2, 0.25) is 5.89 Å². The Morgan fingerprint density at radius 1 is 1.33 bits per heavy atom. The molecule has 3 heterocycles. The van der Waals surface area contributed by atoms with E-state index in [9.17, 15) is 0 Å². The van der Waals surface area contributed by atoms with Gasteiger partial charge in [-0.1, -0.05) is 25.1 Å². The zero-order valence-corrected chi connectivity index (χ0v) is 18.7. The fourth-order valence-electron chi connectivity index (χ4n) is 2.25. The molecule has 0 saturated heterocycles. The second kappa shape index (κ2) is 10.5. The summed E-state index contributed by atoms with van der Waals surface area (Å²) in [5.74, 6) is 2.45. The van der Waals surface area contributed by atoms with Gasteiger partial charge in [0.15, 0.2) is 11.7 Å². The van der Waals surface area contributed by atoms with Gasteiger partial charge < -0.3 is 19.6 Å². The highest BCUT2D eigenvalue weighted by molar-refractivity contribution is 14.0. The van der Waals surface area contributed by atoms with Crippen molar-refractivity contribution < 1.29 is 8.94 Å². The van der Waals surface area contributed by atoms with Gasteiger partial charge in [0.1, 0.15) is 12.0 Å². The van der Waals surface area contributed by atoms with E-state index in [1.54, 1.807) is 17.6 Å². The first-order valence-electron chi connectivity index (χ1n) is 8.61. The van der Waals surface area contributed by atoms with Crippen molar-refractivity contribution in [2.75, 3.05) is 6.54 Å². The molecule has 0 radical (unpaired) electrons. The molecule has 0 aliphatic carbocycles. The lowest BCUT2D eigenvalue weighted by Gasteiger charge is -2.09. The number of halogens is 1. The molecule has 9 heteroatoms. The highest BCUT2D eigenvalue weighted by atomic mass is 127. The van der Waals surface area contributed by atoms with Crippen molar-refractivity contribution in [1.82, 2.24) is 20.8 Å². The molecule has 7 nitrogen and oxygen atoms in total. The molecule has 0 aliphatic rings. The van der Waals surface area contributed by atoms with E-state index in [-0.39, 0.29) is 24.0 Å². The smallest absolute Gasteiger partial charge is 0.236 e. The molecule has 146 valence electrons. The van der Waals surface area contributed by atoms with Crippen LogP contribution in [-0.2, 0) is 13.1 Å². The lowest BCUT2D eigenvalue weighted by molar-refractivity contribution is 0.372. The number of hydrogen-bond donors (Lipinski definition) is 2. The third-order valence-corrected chi connectivity index (χ3v) is 4.48. The van der Waals surface area contributed by atoms with Gasteiger partial charge in [0, 0.05) is 12.6 Å². The maximum Gasteiger partial charge on any atom is 0.236 e. The first-order chi connectivity index (χ1) is 12.7. The number of oxazole rings is 1. The van der Waals surface area contributed by atoms with E-state index in [0.717, 1.165) is 28.6 Å². The number of nitrogens with zero attached hydrogens (tertiary/aromatic N) is 3. The van der Waals surface area contributed by atoms with E-state index < -0.39 is 0 Å². The van der Waals surface area contributed by atoms with Crippen LogP contribution in [0.2, 0.25) is 0 Å². The summed E-state index contributed by atoms with van der Waals surface area (Å²) in [4.78, 5) is 10.0. The molecule has 3 aromatic heterocycles. The van der Waals surface area contributed by atoms with Crippen molar-refractivity contribution in [2.24, 2.45) is 4.99 Å². The summed E-state index contributed by atoms with van der Waals surface area (Å²) in [6.07, 6.45) is 1.65. The Labute approximate surface area is 179 Å². The molecule has 0 fully saturated rings. The van der Waals surface area contributed by atoms with E-state index in [2.05, 4.69) is 39.6 Å². The standard InChI is InChI=1S/C18H23N5O2S.HI/c1-4-19-18(21-10-14-8-15(12(2)3)23-25-14)20-9-13-11-24-17(22-13)16-6-5-7-26-16;/h5-8,11-12H,4,9-10H2,1-3H3,(H2,19,20,21);1H. The van der Waals surface area contributed by atoms with Crippen LogP contribution in [0.4, 0.5) is 0 Å². The summed E-state index contributed by atoms with van der Waals surface area (Å²) in [6.45, 7) is 7.90. The number of rotatable bonds is 7. The number of thiophene rings is 1.